The van der Waals surface area contributed by atoms with Gasteiger partial charge in [-0.2, -0.15) is 0 Å². The molecule has 0 spiro atoms. The Kier molecular flexibility index (Phi) is 12.6. The van der Waals surface area contributed by atoms with Crippen LogP contribution in [0.2, 0.25) is 0 Å². The van der Waals surface area contributed by atoms with Gasteiger partial charge in [-0.25, -0.2) is 0 Å². The lowest BCUT2D eigenvalue weighted by molar-refractivity contribution is -0.137. The number of rotatable bonds is 8. The molecule has 0 rings (SSSR count). The fraction of sp³-hybridized carbons (Fsp3) is 0.688. The monoisotopic (exact) mass is 248 g/mol. The molecule has 0 heterocycles. The quantitative estimate of drug-likeness (QED) is 0.521. The second-order valence-electron chi connectivity index (χ2n) is 4.30. The fourth-order valence-corrected chi connectivity index (χ4v) is 1.48. The fourth-order valence-electron chi connectivity index (χ4n) is 1.48. The molecule has 0 saturated carbocycles. The lowest BCUT2D eigenvalue weighted by atomic mass is 10.1. The molecule has 2 heteroatoms. The molecule has 1 N–H and O–H groups in total. The zero-order valence-electron chi connectivity index (χ0n) is 11.4. The summed E-state index contributed by atoms with van der Waals surface area (Å²) in [7, 11) is 0. The summed E-state index contributed by atoms with van der Waals surface area (Å²) in [6, 6.07) is 0. The third-order valence-electron chi connectivity index (χ3n) is 2.52. The summed E-state index contributed by atoms with van der Waals surface area (Å²) in [6.07, 6.45) is 9.18. The van der Waals surface area contributed by atoms with Crippen molar-refractivity contribution in [2.75, 3.05) is 0 Å². The van der Waals surface area contributed by atoms with Gasteiger partial charge in [0, 0.05) is 19.3 Å². The highest BCUT2D eigenvalue weighted by molar-refractivity contribution is 5.66. The molecule has 0 radical (unpaired) electrons. The SMILES string of the molecule is CCCCCC#CCC#CCCCCCC(=O)O. The van der Waals surface area contributed by atoms with Gasteiger partial charge in [0.05, 0.1) is 6.42 Å². The summed E-state index contributed by atoms with van der Waals surface area (Å²) in [5.74, 6) is 11.6. The van der Waals surface area contributed by atoms with Gasteiger partial charge >= 0.3 is 5.97 Å². The Morgan fingerprint density at radius 1 is 0.889 bits per heavy atom. The molecule has 0 saturated heterocycles. The highest BCUT2D eigenvalue weighted by Gasteiger charge is 1.94. The molecule has 0 amide bonds. The zero-order valence-corrected chi connectivity index (χ0v) is 11.4. The van der Waals surface area contributed by atoms with Crippen LogP contribution in [0, 0.1) is 23.7 Å². The summed E-state index contributed by atoms with van der Waals surface area (Å²) in [6.45, 7) is 2.19. The smallest absolute Gasteiger partial charge is 0.303 e. The first-order chi connectivity index (χ1) is 8.77. The Morgan fingerprint density at radius 3 is 2.06 bits per heavy atom. The molecule has 0 aromatic rings. The molecular weight excluding hydrogens is 224 g/mol. The van der Waals surface area contributed by atoms with Gasteiger partial charge in [-0.05, 0) is 19.3 Å². The molecule has 0 aliphatic heterocycles. The Balaban J connectivity index is 3.30. The summed E-state index contributed by atoms with van der Waals surface area (Å²) in [4.78, 5) is 10.3. The molecule has 0 aromatic heterocycles. The molecule has 0 aliphatic rings. The standard InChI is InChI=1S/C16H24O2/c1-2-3-4-5-6-7-8-9-10-11-12-13-14-15-16(17)18/h2-5,8,11-15H2,1H3,(H,17,18). The number of hydrogen-bond acceptors (Lipinski definition) is 1. The van der Waals surface area contributed by atoms with Crippen LogP contribution in [0.15, 0.2) is 0 Å². The topological polar surface area (TPSA) is 37.3 Å². The Labute approximate surface area is 111 Å². The maximum atomic E-state index is 10.3. The van der Waals surface area contributed by atoms with E-state index in [1.807, 2.05) is 0 Å². The van der Waals surface area contributed by atoms with Crippen LogP contribution in [-0.4, -0.2) is 11.1 Å². The molecule has 0 bridgehead atoms. The van der Waals surface area contributed by atoms with Crippen molar-refractivity contribution in [3.05, 3.63) is 0 Å². The van der Waals surface area contributed by atoms with Gasteiger partial charge in [0.25, 0.3) is 0 Å². The van der Waals surface area contributed by atoms with Gasteiger partial charge in [0.15, 0.2) is 0 Å². The number of hydrogen-bond donors (Lipinski definition) is 1. The third kappa shape index (κ3) is 14.6. The van der Waals surface area contributed by atoms with Gasteiger partial charge in [-0.15, -0.1) is 11.8 Å². The Hall–Kier alpha value is -1.41. The first-order valence-corrected chi connectivity index (χ1v) is 6.90. The number of unbranched alkanes of at least 4 members (excludes halogenated alkanes) is 6. The van der Waals surface area contributed by atoms with E-state index < -0.39 is 5.97 Å². The lowest BCUT2D eigenvalue weighted by Crippen LogP contribution is -1.93. The van der Waals surface area contributed by atoms with Crippen molar-refractivity contribution in [1.82, 2.24) is 0 Å². The van der Waals surface area contributed by atoms with Crippen molar-refractivity contribution >= 4 is 5.97 Å². The van der Waals surface area contributed by atoms with Crippen molar-refractivity contribution in [1.29, 1.82) is 0 Å². The second kappa shape index (κ2) is 13.7. The summed E-state index contributed by atoms with van der Waals surface area (Å²) in [5.41, 5.74) is 0. The van der Waals surface area contributed by atoms with Crippen molar-refractivity contribution < 1.29 is 9.90 Å². The second-order valence-corrected chi connectivity index (χ2v) is 4.30. The van der Waals surface area contributed by atoms with Crippen molar-refractivity contribution in [3.8, 4) is 23.7 Å². The average Bonchev–Trinajstić information content (AvgIpc) is 2.34. The normalized spacial score (nSPS) is 8.94. The van der Waals surface area contributed by atoms with E-state index in [0.29, 0.717) is 6.42 Å². The molecule has 0 aliphatic carbocycles. The zero-order chi connectivity index (χ0) is 13.5. The molecule has 0 unspecified atom stereocenters. The molecule has 2 nitrogen and oxygen atoms in total. The van der Waals surface area contributed by atoms with Gasteiger partial charge in [0.2, 0.25) is 0 Å². The van der Waals surface area contributed by atoms with Crippen LogP contribution < -0.4 is 0 Å². The summed E-state index contributed by atoms with van der Waals surface area (Å²) < 4.78 is 0. The molecule has 100 valence electrons. The van der Waals surface area contributed by atoms with Gasteiger partial charge in [0.1, 0.15) is 0 Å². The molecule has 18 heavy (non-hydrogen) atoms. The number of carboxylic acid groups (broad SMARTS) is 1. The first-order valence-electron chi connectivity index (χ1n) is 6.90. The Bertz CT molecular complexity index is 322. The van der Waals surface area contributed by atoms with E-state index in [9.17, 15) is 4.79 Å². The van der Waals surface area contributed by atoms with Crippen molar-refractivity contribution in [2.24, 2.45) is 0 Å². The molecular formula is C16H24O2. The summed E-state index contributed by atoms with van der Waals surface area (Å²) >= 11 is 0. The molecule has 0 atom stereocenters. The minimum absolute atomic E-state index is 0.274. The van der Waals surface area contributed by atoms with E-state index in [1.165, 1.54) is 19.3 Å². The van der Waals surface area contributed by atoms with Crippen molar-refractivity contribution in [2.45, 2.75) is 71.1 Å². The first kappa shape index (κ1) is 16.6. The maximum absolute atomic E-state index is 10.3. The molecule has 0 fully saturated rings. The van der Waals surface area contributed by atoms with Crippen LogP contribution in [0.1, 0.15) is 71.1 Å². The van der Waals surface area contributed by atoms with Crippen molar-refractivity contribution in [3.63, 3.8) is 0 Å². The van der Waals surface area contributed by atoms with Crippen LogP contribution >= 0.6 is 0 Å². The summed E-state index contributed by atoms with van der Waals surface area (Å²) in [5, 5.41) is 8.45. The number of carboxylic acids is 1. The number of aliphatic carboxylic acids is 1. The highest BCUT2D eigenvalue weighted by atomic mass is 16.4. The van der Waals surface area contributed by atoms with Crippen LogP contribution in [0.3, 0.4) is 0 Å². The minimum Gasteiger partial charge on any atom is -0.481 e. The molecule has 0 aromatic carbocycles. The minimum atomic E-state index is -0.709. The van der Waals surface area contributed by atoms with Gasteiger partial charge in [-0.1, -0.05) is 38.0 Å². The largest absolute Gasteiger partial charge is 0.481 e. The van der Waals surface area contributed by atoms with Crippen LogP contribution in [0.4, 0.5) is 0 Å². The Morgan fingerprint density at radius 2 is 1.50 bits per heavy atom. The number of carbonyl (C=O) groups is 1. The third-order valence-corrected chi connectivity index (χ3v) is 2.52. The van der Waals surface area contributed by atoms with Crippen LogP contribution in [0.5, 0.6) is 0 Å². The highest BCUT2D eigenvalue weighted by Crippen LogP contribution is 2.02. The van der Waals surface area contributed by atoms with E-state index >= 15 is 0 Å². The van der Waals surface area contributed by atoms with E-state index in [2.05, 4.69) is 30.6 Å². The van der Waals surface area contributed by atoms with Gasteiger partial charge < -0.3 is 5.11 Å². The van der Waals surface area contributed by atoms with Crippen LogP contribution in [0.25, 0.3) is 0 Å². The van der Waals surface area contributed by atoms with Crippen LogP contribution in [-0.2, 0) is 4.79 Å². The van der Waals surface area contributed by atoms with E-state index in [4.69, 9.17) is 5.11 Å². The maximum Gasteiger partial charge on any atom is 0.303 e. The predicted molar refractivity (Wildman–Crippen MR) is 75.0 cm³/mol. The van der Waals surface area contributed by atoms with E-state index in [0.717, 1.165) is 32.1 Å². The predicted octanol–water partition coefficient (Wildman–Crippen LogP) is 4.00. The lowest BCUT2D eigenvalue weighted by Gasteiger charge is -1.93. The van der Waals surface area contributed by atoms with Gasteiger partial charge in [-0.3, -0.25) is 4.79 Å². The average molecular weight is 248 g/mol. The van der Waals surface area contributed by atoms with E-state index in [1.54, 1.807) is 0 Å². The van der Waals surface area contributed by atoms with E-state index in [-0.39, 0.29) is 6.42 Å².